The molecule has 0 N–H and O–H groups in total. The van der Waals surface area contributed by atoms with Crippen molar-refractivity contribution in [3.05, 3.63) is 58.7 Å². The molecule has 1 saturated heterocycles. The average Bonchev–Trinajstić information content (AvgIpc) is 2.77. The molecule has 0 radical (unpaired) electrons. The lowest BCUT2D eigenvalue weighted by Gasteiger charge is -2.28. The first-order valence-corrected chi connectivity index (χ1v) is 10.9. The predicted octanol–water partition coefficient (Wildman–Crippen LogP) is 5.47. The van der Waals surface area contributed by atoms with Crippen LogP contribution < -0.4 is 4.90 Å². The lowest BCUT2D eigenvalue weighted by atomic mass is 10.1. The van der Waals surface area contributed by atoms with Crippen LogP contribution in [0.2, 0.25) is 5.02 Å². The van der Waals surface area contributed by atoms with Crippen molar-refractivity contribution in [1.82, 2.24) is 14.9 Å². The third-order valence-electron chi connectivity index (χ3n) is 5.46. The third-order valence-corrected chi connectivity index (χ3v) is 5.75. The summed E-state index contributed by atoms with van der Waals surface area (Å²) in [6, 6.07) is 9.53. The summed E-state index contributed by atoms with van der Waals surface area (Å²) < 4.78 is 45.4. The van der Waals surface area contributed by atoms with Crippen LogP contribution in [-0.4, -0.2) is 54.3 Å². The van der Waals surface area contributed by atoms with Gasteiger partial charge in [0.25, 0.3) is 0 Å². The molecule has 1 aliphatic heterocycles. The van der Waals surface area contributed by atoms with Gasteiger partial charge >= 0.3 is 6.18 Å². The molecule has 5 nitrogen and oxygen atoms in total. The summed E-state index contributed by atoms with van der Waals surface area (Å²) in [7, 11) is 0. The highest BCUT2D eigenvalue weighted by Gasteiger charge is 2.31. The molecule has 3 aromatic rings. The van der Waals surface area contributed by atoms with Crippen molar-refractivity contribution >= 4 is 34.1 Å². The highest BCUT2D eigenvalue weighted by molar-refractivity contribution is 6.35. The molecule has 0 saturated carbocycles. The zero-order valence-corrected chi connectivity index (χ0v) is 18.5. The van der Waals surface area contributed by atoms with Crippen LogP contribution in [0, 0.1) is 6.92 Å². The summed E-state index contributed by atoms with van der Waals surface area (Å²) in [5.41, 5.74) is 0.883. The van der Waals surface area contributed by atoms with Gasteiger partial charge in [0.2, 0.25) is 0 Å². The summed E-state index contributed by atoms with van der Waals surface area (Å²) in [5.74, 6) is 0.717. The van der Waals surface area contributed by atoms with Crippen LogP contribution in [0.5, 0.6) is 0 Å². The largest absolute Gasteiger partial charge is 0.416 e. The van der Waals surface area contributed by atoms with Crippen LogP contribution in [-0.2, 0) is 10.9 Å². The van der Waals surface area contributed by atoms with Crippen molar-refractivity contribution in [2.75, 3.05) is 44.3 Å². The Morgan fingerprint density at radius 2 is 1.88 bits per heavy atom. The van der Waals surface area contributed by atoms with Gasteiger partial charge in [-0.15, -0.1) is 0 Å². The number of morpholine rings is 1. The summed E-state index contributed by atoms with van der Waals surface area (Å²) >= 11 is 6.41. The monoisotopic (exact) mass is 464 g/mol. The second kappa shape index (κ2) is 9.60. The fourth-order valence-electron chi connectivity index (χ4n) is 3.84. The second-order valence-electron chi connectivity index (χ2n) is 7.85. The molecule has 1 fully saturated rings. The van der Waals surface area contributed by atoms with Crippen molar-refractivity contribution in [3.8, 4) is 0 Å². The molecule has 2 aromatic heterocycles. The maximum Gasteiger partial charge on any atom is 0.416 e. The van der Waals surface area contributed by atoms with Crippen LogP contribution in [0.15, 0.2) is 42.6 Å². The minimum atomic E-state index is -4.45. The molecule has 4 rings (SSSR count). The number of hydrogen-bond acceptors (Lipinski definition) is 5. The number of benzene rings is 1. The van der Waals surface area contributed by atoms with Gasteiger partial charge in [-0.05, 0) is 55.3 Å². The summed E-state index contributed by atoms with van der Waals surface area (Å²) in [6.45, 7) is 6.33. The minimum Gasteiger partial charge on any atom is -0.379 e. The van der Waals surface area contributed by atoms with E-state index in [1.54, 1.807) is 11.0 Å². The summed E-state index contributed by atoms with van der Waals surface area (Å²) in [4.78, 5) is 12.9. The summed E-state index contributed by atoms with van der Waals surface area (Å²) in [6.07, 6.45) is -2.53. The van der Waals surface area contributed by atoms with Crippen molar-refractivity contribution in [1.29, 1.82) is 0 Å². The van der Waals surface area contributed by atoms with E-state index in [9.17, 15) is 13.2 Å². The Hall–Kier alpha value is -2.42. The molecule has 0 atom stereocenters. The summed E-state index contributed by atoms with van der Waals surface area (Å²) in [5, 5.41) is 1.39. The zero-order valence-electron chi connectivity index (χ0n) is 17.7. The van der Waals surface area contributed by atoms with Crippen molar-refractivity contribution in [3.63, 3.8) is 0 Å². The Morgan fingerprint density at radius 3 is 2.62 bits per heavy atom. The van der Waals surface area contributed by atoms with E-state index >= 15 is 0 Å². The Labute approximate surface area is 189 Å². The number of anilines is 2. The van der Waals surface area contributed by atoms with Gasteiger partial charge in [0.1, 0.15) is 11.6 Å². The molecule has 0 amide bonds. The molecular formula is C23H24ClF3N4O. The normalized spacial score (nSPS) is 15.3. The van der Waals surface area contributed by atoms with Gasteiger partial charge < -0.3 is 9.64 Å². The van der Waals surface area contributed by atoms with E-state index in [-0.39, 0.29) is 5.82 Å². The smallest absolute Gasteiger partial charge is 0.379 e. The minimum absolute atomic E-state index is 0.205. The Bertz CT molecular complexity index is 1090. The first-order chi connectivity index (χ1) is 15.3. The molecule has 1 aliphatic rings. The van der Waals surface area contributed by atoms with Gasteiger partial charge in [0.05, 0.1) is 29.3 Å². The lowest BCUT2D eigenvalue weighted by molar-refractivity contribution is -0.137. The van der Waals surface area contributed by atoms with Gasteiger partial charge in [-0.25, -0.2) is 9.97 Å². The second-order valence-corrected chi connectivity index (χ2v) is 8.25. The third kappa shape index (κ3) is 5.31. The molecule has 0 spiro atoms. The van der Waals surface area contributed by atoms with Crippen molar-refractivity contribution in [2.24, 2.45) is 0 Å². The number of nitrogens with zero attached hydrogens (tertiary/aromatic N) is 4. The number of halogens is 4. The van der Waals surface area contributed by atoms with Gasteiger partial charge in [0, 0.05) is 37.8 Å². The number of aryl methyl sites for hydroxylation is 1. The van der Waals surface area contributed by atoms with E-state index in [1.165, 1.54) is 6.20 Å². The lowest BCUT2D eigenvalue weighted by Crippen LogP contribution is -2.38. The fraction of sp³-hybridized carbons (Fsp3) is 0.391. The fourth-order valence-corrected chi connectivity index (χ4v) is 4.16. The molecule has 170 valence electrons. The van der Waals surface area contributed by atoms with Gasteiger partial charge in [-0.3, -0.25) is 4.90 Å². The number of pyridine rings is 2. The first-order valence-electron chi connectivity index (χ1n) is 10.5. The predicted molar refractivity (Wildman–Crippen MR) is 120 cm³/mol. The molecule has 0 bridgehead atoms. The molecule has 3 heterocycles. The molecule has 9 heteroatoms. The topological polar surface area (TPSA) is 41.5 Å². The SMILES string of the molecule is Cc1cc(Cl)c2nc(N(CCCN3CCOCC3)c3cc(C(F)(F)F)ccn3)ccc2c1. The molecule has 32 heavy (non-hydrogen) atoms. The average molecular weight is 465 g/mol. The number of rotatable bonds is 6. The van der Waals surface area contributed by atoms with Crippen LogP contribution in [0.3, 0.4) is 0 Å². The van der Waals surface area contributed by atoms with Crippen LogP contribution in [0.25, 0.3) is 10.9 Å². The number of hydrogen-bond donors (Lipinski definition) is 0. The molecule has 0 aliphatic carbocycles. The van der Waals surface area contributed by atoms with E-state index in [4.69, 9.17) is 16.3 Å². The van der Waals surface area contributed by atoms with E-state index < -0.39 is 11.7 Å². The number of aromatic nitrogens is 2. The van der Waals surface area contributed by atoms with Crippen molar-refractivity contribution in [2.45, 2.75) is 19.5 Å². The van der Waals surface area contributed by atoms with E-state index in [0.29, 0.717) is 36.1 Å². The highest BCUT2D eigenvalue weighted by atomic mass is 35.5. The quantitative estimate of drug-likeness (QED) is 0.484. The molecule has 1 aromatic carbocycles. The maximum absolute atomic E-state index is 13.3. The maximum atomic E-state index is 13.3. The Kier molecular flexibility index (Phi) is 6.83. The van der Waals surface area contributed by atoms with E-state index in [2.05, 4.69) is 14.9 Å². The van der Waals surface area contributed by atoms with E-state index in [0.717, 1.165) is 49.1 Å². The van der Waals surface area contributed by atoms with Gasteiger partial charge in [-0.1, -0.05) is 11.6 Å². The number of alkyl halides is 3. The molecular weight excluding hydrogens is 441 g/mol. The zero-order chi connectivity index (χ0) is 22.7. The standard InChI is InChI=1S/C23H24ClF3N4O/c1-16-13-17-3-4-20(29-22(17)19(24)14-16)31(8-2-7-30-9-11-32-12-10-30)21-15-18(5-6-28-21)23(25,26)27/h3-6,13-15H,2,7-12H2,1H3. The van der Waals surface area contributed by atoms with Crippen LogP contribution in [0.4, 0.5) is 24.8 Å². The first kappa shape index (κ1) is 22.8. The Balaban J connectivity index is 1.66. The van der Waals surface area contributed by atoms with Gasteiger partial charge in [0.15, 0.2) is 0 Å². The number of ether oxygens (including phenoxy) is 1. The van der Waals surface area contributed by atoms with Crippen molar-refractivity contribution < 1.29 is 17.9 Å². The van der Waals surface area contributed by atoms with Crippen LogP contribution >= 0.6 is 11.6 Å². The Morgan fingerprint density at radius 1 is 1.09 bits per heavy atom. The number of fused-ring (bicyclic) bond motifs is 1. The van der Waals surface area contributed by atoms with E-state index in [1.807, 2.05) is 25.1 Å². The highest BCUT2D eigenvalue weighted by Crippen LogP contribution is 2.33. The van der Waals surface area contributed by atoms with Crippen LogP contribution in [0.1, 0.15) is 17.5 Å². The van der Waals surface area contributed by atoms with Gasteiger partial charge in [-0.2, -0.15) is 13.2 Å². The molecule has 0 unspecified atom stereocenters.